The first kappa shape index (κ1) is 13.4. The van der Waals surface area contributed by atoms with Gasteiger partial charge in [-0.2, -0.15) is 0 Å². The molecule has 1 amide bonds. The van der Waals surface area contributed by atoms with E-state index in [2.05, 4.69) is 15.6 Å². The lowest BCUT2D eigenvalue weighted by molar-refractivity contribution is 0.0977. The van der Waals surface area contributed by atoms with E-state index >= 15 is 0 Å². The highest BCUT2D eigenvalue weighted by Crippen LogP contribution is 2.13. The van der Waals surface area contributed by atoms with Gasteiger partial charge in [0.1, 0.15) is 5.75 Å². The van der Waals surface area contributed by atoms with Crippen LogP contribution in [-0.4, -0.2) is 23.1 Å². The Labute approximate surface area is 119 Å². The maximum atomic E-state index is 11.9. The van der Waals surface area contributed by atoms with Crippen LogP contribution in [0.2, 0.25) is 0 Å². The number of carbonyl (C=O) groups excluding carboxylic acids is 1. The van der Waals surface area contributed by atoms with Crippen LogP contribution in [0.25, 0.3) is 0 Å². The van der Waals surface area contributed by atoms with E-state index in [0.29, 0.717) is 16.4 Å². The van der Waals surface area contributed by atoms with Crippen LogP contribution in [0.1, 0.15) is 10.4 Å². The van der Waals surface area contributed by atoms with Crippen molar-refractivity contribution in [2.45, 2.75) is 0 Å². The smallest absolute Gasteiger partial charge is 0.257 e. The monoisotopic (exact) mass is 293 g/mol. The molecule has 0 saturated carbocycles. The minimum Gasteiger partial charge on any atom is -0.497 e. The molecule has 98 valence electrons. The normalized spacial score (nSPS) is 9.74. The molecule has 2 N–H and O–H groups in total. The van der Waals surface area contributed by atoms with Crippen molar-refractivity contribution in [3.63, 3.8) is 0 Å². The molecule has 0 radical (unpaired) electrons. The Bertz CT molecular complexity index is 584. The van der Waals surface area contributed by atoms with E-state index in [1.807, 2.05) is 5.38 Å². The molecule has 1 aromatic heterocycles. The Morgan fingerprint density at radius 2 is 2.32 bits per heavy atom. The second-order valence-electron chi connectivity index (χ2n) is 3.48. The number of thiazole rings is 1. The first-order chi connectivity index (χ1) is 9.19. The van der Waals surface area contributed by atoms with Gasteiger partial charge in [-0.05, 0) is 30.4 Å². The first-order valence-corrected chi connectivity index (χ1v) is 6.63. The standard InChI is InChI=1S/C12H11N3O2S2/c1-17-9-4-2-3-8(7-9)10(16)14-11(18)15-12-13-5-6-19-12/h2-7H,1H3,(H2,13,14,15,16,18). The summed E-state index contributed by atoms with van der Waals surface area (Å²) >= 11 is 6.43. The van der Waals surface area contributed by atoms with Crippen molar-refractivity contribution < 1.29 is 9.53 Å². The van der Waals surface area contributed by atoms with Gasteiger partial charge in [0.05, 0.1) is 7.11 Å². The number of anilines is 1. The summed E-state index contributed by atoms with van der Waals surface area (Å²) in [7, 11) is 1.55. The number of benzene rings is 1. The highest BCUT2D eigenvalue weighted by Gasteiger charge is 2.09. The molecular weight excluding hydrogens is 282 g/mol. The number of ether oxygens (including phenoxy) is 1. The molecule has 0 fully saturated rings. The molecule has 0 aliphatic rings. The number of rotatable bonds is 3. The number of methoxy groups -OCH3 is 1. The molecule has 0 spiro atoms. The van der Waals surface area contributed by atoms with E-state index in [-0.39, 0.29) is 11.0 Å². The summed E-state index contributed by atoms with van der Waals surface area (Å²) in [6.07, 6.45) is 1.65. The average Bonchev–Trinajstić information content (AvgIpc) is 2.91. The van der Waals surface area contributed by atoms with Crippen LogP contribution >= 0.6 is 23.6 Å². The Kier molecular flexibility index (Phi) is 4.43. The van der Waals surface area contributed by atoms with E-state index in [0.717, 1.165) is 0 Å². The lowest BCUT2D eigenvalue weighted by atomic mass is 10.2. The molecule has 0 saturated heterocycles. The van der Waals surface area contributed by atoms with E-state index in [4.69, 9.17) is 17.0 Å². The van der Waals surface area contributed by atoms with Crippen LogP contribution in [0.15, 0.2) is 35.8 Å². The summed E-state index contributed by atoms with van der Waals surface area (Å²) in [6, 6.07) is 6.83. The maximum absolute atomic E-state index is 11.9. The molecule has 2 rings (SSSR count). The Morgan fingerprint density at radius 3 is 3.00 bits per heavy atom. The summed E-state index contributed by atoms with van der Waals surface area (Å²) in [5, 5.41) is 8.07. The molecular formula is C12H11N3O2S2. The van der Waals surface area contributed by atoms with Crippen molar-refractivity contribution in [1.29, 1.82) is 0 Å². The number of hydrogen-bond donors (Lipinski definition) is 2. The van der Waals surface area contributed by atoms with Gasteiger partial charge in [-0.15, -0.1) is 11.3 Å². The lowest BCUT2D eigenvalue weighted by Gasteiger charge is -2.08. The zero-order chi connectivity index (χ0) is 13.7. The van der Waals surface area contributed by atoms with Gasteiger partial charge in [-0.25, -0.2) is 4.98 Å². The molecule has 5 nitrogen and oxygen atoms in total. The lowest BCUT2D eigenvalue weighted by Crippen LogP contribution is -2.34. The van der Waals surface area contributed by atoms with Crippen LogP contribution in [0.4, 0.5) is 5.13 Å². The maximum Gasteiger partial charge on any atom is 0.257 e. The second kappa shape index (κ2) is 6.26. The van der Waals surface area contributed by atoms with Crippen molar-refractivity contribution in [1.82, 2.24) is 10.3 Å². The largest absolute Gasteiger partial charge is 0.497 e. The Balaban J connectivity index is 1.98. The predicted octanol–water partition coefficient (Wildman–Crippen LogP) is 2.28. The SMILES string of the molecule is COc1cccc(C(=O)NC(=S)Nc2nccs2)c1. The number of nitrogens with one attached hydrogen (secondary N) is 2. The van der Waals surface area contributed by atoms with Gasteiger partial charge in [0.15, 0.2) is 10.2 Å². The van der Waals surface area contributed by atoms with Crippen molar-refractivity contribution in [2.75, 3.05) is 12.4 Å². The molecule has 2 aromatic rings. The van der Waals surface area contributed by atoms with Gasteiger partial charge in [0.25, 0.3) is 5.91 Å². The summed E-state index contributed by atoms with van der Waals surface area (Å²) in [5.74, 6) is 0.319. The molecule has 0 atom stereocenters. The van der Waals surface area contributed by atoms with E-state index < -0.39 is 0 Å². The fourth-order valence-electron chi connectivity index (χ4n) is 1.35. The van der Waals surface area contributed by atoms with Crippen molar-refractivity contribution >= 4 is 39.7 Å². The number of hydrogen-bond acceptors (Lipinski definition) is 5. The van der Waals surface area contributed by atoms with Gasteiger partial charge in [-0.3, -0.25) is 10.1 Å². The van der Waals surface area contributed by atoms with E-state index in [9.17, 15) is 4.79 Å². The molecule has 0 bridgehead atoms. The summed E-state index contributed by atoms with van der Waals surface area (Å²) in [5.41, 5.74) is 0.475. The molecule has 7 heteroatoms. The van der Waals surface area contributed by atoms with Gasteiger partial charge >= 0.3 is 0 Å². The fourth-order valence-corrected chi connectivity index (χ4v) is 2.14. The minimum atomic E-state index is -0.298. The number of thiocarbonyl (C=S) groups is 1. The van der Waals surface area contributed by atoms with Gasteiger partial charge < -0.3 is 10.1 Å². The molecule has 19 heavy (non-hydrogen) atoms. The van der Waals surface area contributed by atoms with Gasteiger partial charge in [-0.1, -0.05) is 6.07 Å². The van der Waals surface area contributed by atoms with Gasteiger partial charge in [0, 0.05) is 17.1 Å². The zero-order valence-corrected chi connectivity index (χ0v) is 11.7. The number of aromatic nitrogens is 1. The third-order valence-electron chi connectivity index (χ3n) is 2.21. The fraction of sp³-hybridized carbons (Fsp3) is 0.0833. The molecule has 0 aliphatic heterocycles. The molecule has 1 aromatic carbocycles. The summed E-state index contributed by atoms with van der Waals surface area (Å²) < 4.78 is 5.06. The van der Waals surface area contributed by atoms with Crippen LogP contribution in [0.5, 0.6) is 5.75 Å². The molecule has 0 aliphatic carbocycles. The third-order valence-corrected chi connectivity index (χ3v) is 3.10. The van der Waals surface area contributed by atoms with Crippen LogP contribution in [-0.2, 0) is 0 Å². The number of nitrogens with zero attached hydrogens (tertiary/aromatic N) is 1. The van der Waals surface area contributed by atoms with E-state index in [1.54, 1.807) is 37.6 Å². The van der Waals surface area contributed by atoms with Crippen LogP contribution < -0.4 is 15.4 Å². The quantitative estimate of drug-likeness (QED) is 0.850. The average molecular weight is 293 g/mol. The zero-order valence-electron chi connectivity index (χ0n) is 10.0. The third kappa shape index (κ3) is 3.73. The second-order valence-corrected chi connectivity index (χ2v) is 4.78. The number of amides is 1. The number of carbonyl (C=O) groups is 1. The minimum absolute atomic E-state index is 0.211. The molecule has 1 heterocycles. The topological polar surface area (TPSA) is 63.2 Å². The highest BCUT2D eigenvalue weighted by molar-refractivity contribution is 7.80. The van der Waals surface area contributed by atoms with E-state index in [1.165, 1.54) is 11.3 Å². The van der Waals surface area contributed by atoms with Gasteiger partial charge in [0.2, 0.25) is 0 Å². The predicted molar refractivity (Wildman–Crippen MR) is 78.8 cm³/mol. The molecule has 0 unspecified atom stereocenters. The first-order valence-electron chi connectivity index (χ1n) is 5.35. The van der Waals surface area contributed by atoms with Crippen LogP contribution in [0.3, 0.4) is 0 Å². The van der Waals surface area contributed by atoms with Crippen molar-refractivity contribution in [3.05, 3.63) is 41.4 Å². The summed E-state index contributed by atoms with van der Waals surface area (Å²) in [4.78, 5) is 16.0. The Hall–Kier alpha value is -1.99. The summed E-state index contributed by atoms with van der Waals surface area (Å²) in [6.45, 7) is 0. The van der Waals surface area contributed by atoms with Crippen molar-refractivity contribution in [2.24, 2.45) is 0 Å². The van der Waals surface area contributed by atoms with Crippen molar-refractivity contribution in [3.8, 4) is 5.75 Å². The highest BCUT2D eigenvalue weighted by atomic mass is 32.1. The van der Waals surface area contributed by atoms with Crippen LogP contribution in [0, 0.1) is 0 Å². The Morgan fingerprint density at radius 1 is 1.47 bits per heavy atom.